The van der Waals surface area contributed by atoms with Crippen LogP contribution in [0.4, 0.5) is 5.69 Å². The molecule has 1 aromatic rings. The number of benzene rings is 1. The minimum Gasteiger partial charge on any atom is -0.478 e. The Morgan fingerprint density at radius 2 is 2.18 bits per heavy atom. The van der Waals surface area contributed by atoms with Crippen LogP contribution in [0.25, 0.3) is 0 Å². The summed E-state index contributed by atoms with van der Waals surface area (Å²) in [5.74, 6) is -0.313. The molecule has 0 bridgehead atoms. The van der Waals surface area contributed by atoms with E-state index >= 15 is 0 Å². The summed E-state index contributed by atoms with van der Waals surface area (Å²) in [6.45, 7) is 5.41. The van der Waals surface area contributed by atoms with Crippen LogP contribution < -0.4 is 4.90 Å². The standard InChI is InChI=1S/C13H16ClNO2/c1-8-5-9(2)15(7-8)10-3-4-11(13(16)17)12(14)6-10/h3-4,6,8-9H,5,7H2,1-2H3,(H,16,17). The number of carboxylic acids is 1. The van der Waals surface area contributed by atoms with Gasteiger partial charge in [0.2, 0.25) is 0 Å². The second kappa shape index (κ2) is 4.57. The zero-order valence-electron chi connectivity index (χ0n) is 9.98. The number of nitrogens with zero attached hydrogens (tertiary/aromatic N) is 1. The maximum Gasteiger partial charge on any atom is 0.337 e. The van der Waals surface area contributed by atoms with E-state index in [1.807, 2.05) is 6.07 Å². The topological polar surface area (TPSA) is 40.5 Å². The summed E-state index contributed by atoms with van der Waals surface area (Å²) in [4.78, 5) is 13.2. The quantitative estimate of drug-likeness (QED) is 0.879. The van der Waals surface area contributed by atoms with Crippen molar-refractivity contribution in [3.8, 4) is 0 Å². The molecule has 2 rings (SSSR count). The Kier molecular flexibility index (Phi) is 3.29. The van der Waals surface area contributed by atoms with E-state index in [0.29, 0.717) is 17.0 Å². The lowest BCUT2D eigenvalue weighted by Crippen LogP contribution is -2.26. The van der Waals surface area contributed by atoms with Crippen LogP contribution in [0.5, 0.6) is 0 Å². The molecule has 0 saturated carbocycles. The third kappa shape index (κ3) is 2.39. The first-order chi connectivity index (χ1) is 7.99. The van der Waals surface area contributed by atoms with E-state index in [-0.39, 0.29) is 5.56 Å². The Bertz CT molecular complexity index is 447. The second-order valence-electron chi connectivity index (χ2n) is 4.81. The summed E-state index contributed by atoms with van der Waals surface area (Å²) in [5, 5.41) is 9.23. The van der Waals surface area contributed by atoms with Crippen LogP contribution in [0.1, 0.15) is 30.6 Å². The number of rotatable bonds is 2. The van der Waals surface area contributed by atoms with Gasteiger partial charge in [0.25, 0.3) is 0 Å². The lowest BCUT2D eigenvalue weighted by molar-refractivity contribution is 0.0697. The minimum absolute atomic E-state index is 0.162. The molecule has 0 aromatic heterocycles. The Labute approximate surface area is 106 Å². The zero-order chi connectivity index (χ0) is 12.6. The van der Waals surface area contributed by atoms with Crippen LogP contribution in [0.3, 0.4) is 0 Å². The van der Waals surface area contributed by atoms with Crippen molar-refractivity contribution < 1.29 is 9.90 Å². The van der Waals surface area contributed by atoms with Gasteiger partial charge in [0.1, 0.15) is 0 Å². The van der Waals surface area contributed by atoms with Crippen molar-refractivity contribution in [1.82, 2.24) is 0 Å². The first-order valence-corrected chi connectivity index (χ1v) is 6.16. The number of hydrogen-bond donors (Lipinski definition) is 1. The largest absolute Gasteiger partial charge is 0.478 e. The number of hydrogen-bond acceptors (Lipinski definition) is 2. The van der Waals surface area contributed by atoms with Crippen LogP contribution in [0, 0.1) is 5.92 Å². The van der Waals surface area contributed by atoms with E-state index in [1.54, 1.807) is 12.1 Å². The highest BCUT2D eigenvalue weighted by Gasteiger charge is 2.26. The van der Waals surface area contributed by atoms with Crippen molar-refractivity contribution in [3.63, 3.8) is 0 Å². The van der Waals surface area contributed by atoms with Gasteiger partial charge in [-0.05, 0) is 37.5 Å². The molecule has 0 aliphatic carbocycles. The number of halogens is 1. The van der Waals surface area contributed by atoms with Gasteiger partial charge >= 0.3 is 5.97 Å². The van der Waals surface area contributed by atoms with Crippen LogP contribution in [-0.4, -0.2) is 23.7 Å². The predicted octanol–water partition coefficient (Wildman–Crippen LogP) is 3.27. The van der Waals surface area contributed by atoms with Crippen molar-refractivity contribution in [3.05, 3.63) is 28.8 Å². The highest BCUT2D eigenvalue weighted by atomic mass is 35.5. The second-order valence-corrected chi connectivity index (χ2v) is 5.22. The van der Waals surface area contributed by atoms with Gasteiger partial charge in [0.15, 0.2) is 0 Å². The van der Waals surface area contributed by atoms with Crippen molar-refractivity contribution in [2.24, 2.45) is 5.92 Å². The van der Waals surface area contributed by atoms with E-state index in [4.69, 9.17) is 16.7 Å². The predicted molar refractivity (Wildman–Crippen MR) is 69.0 cm³/mol. The Hall–Kier alpha value is -1.22. The fourth-order valence-corrected chi connectivity index (χ4v) is 2.77. The smallest absolute Gasteiger partial charge is 0.337 e. The summed E-state index contributed by atoms with van der Waals surface area (Å²) in [5.41, 5.74) is 1.17. The fraction of sp³-hybridized carbons (Fsp3) is 0.462. The van der Waals surface area contributed by atoms with Crippen molar-refractivity contribution >= 4 is 23.3 Å². The highest BCUT2D eigenvalue weighted by Crippen LogP contribution is 2.31. The Morgan fingerprint density at radius 3 is 2.65 bits per heavy atom. The molecule has 1 saturated heterocycles. The molecule has 2 atom stereocenters. The fourth-order valence-electron chi connectivity index (χ4n) is 2.52. The summed E-state index contributed by atoms with van der Waals surface area (Å²) < 4.78 is 0. The molecule has 1 N–H and O–H groups in total. The first-order valence-electron chi connectivity index (χ1n) is 5.78. The van der Waals surface area contributed by atoms with E-state index in [0.717, 1.165) is 18.7 Å². The van der Waals surface area contributed by atoms with Crippen LogP contribution in [0.2, 0.25) is 5.02 Å². The van der Waals surface area contributed by atoms with Gasteiger partial charge in [0, 0.05) is 18.3 Å². The molecular formula is C13H16ClNO2. The summed E-state index contributed by atoms with van der Waals surface area (Å²) in [7, 11) is 0. The van der Waals surface area contributed by atoms with Gasteiger partial charge in [-0.25, -0.2) is 4.79 Å². The maximum atomic E-state index is 10.9. The molecule has 17 heavy (non-hydrogen) atoms. The molecule has 1 aliphatic rings. The van der Waals surface area contributed by atoms with E-state index in [2.05, 4.69) is 18.7 Å². The first kappa shape index (κ1) is 12.2. The third-order valence-corrected chi connectivity index (χ3v) is 3.61. The molecular weight excluding hydrogens is 238 g/mol. The maximum absolute atomic E-state index is 10.9. The molecule has 1 aliphatic heterocycles. The minimum atomic E-state index is -0.982. The Balaban J connectivity index is 2.29. The normalized spacial score (nSPS) is 24.1. The van der Waals surface area contributed by atoms with Crippen molar-refractivity contribution in [2.75, 3.05) is 11.4 Å². The van der Waals surface area contributed by atoms with E-state index in [1.165, 1.54) is 0 Å². The van der Waals surface area contributed by atoms with Crippen molar-refractivity contribution in [1.29, 1.82) is 0 Å². The molecule has 0 amide bonds. The average Bonchev–Trinajstić information content (AvgIpc) is 2.57. The molecule has 1 aromatic carbocycles. The molecule has 4 heteroatoms. The van der Waals surface area contributed by atoms with Gasteiger partial charge in [-0.2, -0.15) is 0 Å². The SMILES string of the molecule is CC1CC(C)N(c2ccc(C(=O)O)c(Cl)c2)C1. The number of aromatic carboxylic acids is 1. The third-order valence-electron chi connectivity index (χ3n) is 3.30. The molecule has 0 spiro atoms. The monoisotopic (exact) mass is 253 g/mol. The van der Waals surface area contributed by atoms with Gasteiger partial charge < -0.3 is 10.0 Å². The van der Waals surface area contributed by atoms with E-state index < -0.39 is 5.97 Å². The number of carboxylic acid groups (broad SMARTS) is 1. The molecule has 1 heterocycles. The summed E-state index contributed by atoms with van der Waals surface area (Å²) >= 11 is 5.98. The molecule has 92 valence electrons. The van der Waals surface area contributed by atoms with E-state index in [9.17, 15) is 4.79 Å². The van der Waals surface area contributed by atoms with Crippen molar-refractivity contribution in [2.45, 2.75) is 26.3 Å². The molecule has 1 fully saturated rings. The number of carbonyl (C=O) groups is 1. The van der Waals surface area contributed by atoms with Crippen LogP contribution in [-0.2, 0) is 0 Å². The summed E-state index contributed by atoms with van der Waals surface area (Å²) in [6.07, 6.45) is 1.16. The van der Waals surface area contributed by atoms with Crippen LogP contribution >= 0.6 is 11.6 Å². The van der Waals surface area contributed by atoms with Gasteiger partial charge in [0.05, 0.1) is 10.6 Å². The average molecular weight is 254 g/mol. The van der Waals surface area contributed by atoms with Gasteiger partial charge in [-0.15, -0.1) is 0 Å². The van der Waals surface area contributed by atoms with Crippen LogP contribution in [0.15, 0.2) is 18.2 Å². The Morgan fingerprint density at radius 1 is 1.47 bits per heavy atom. The number of anilines is 1. The zero-order valence-corrected chi connectivity index (χ0v) is 10.7. The molecule has 3 nitrogen and oxygen atoms in total. The van der Waals surface area contributed by atoms with Gasteiger partial charge in [-0.1, -0.05) is 18.5 Å². The molecule has 0 radical (unpaired) electrons. The summed E-state index contributed by atoms with van der Waals surface area (Å²) in [6, 6.07) is 5.65. The lowest BCUT2D eigenvalue weighted by Gasteiger charge is -2.24. The molecule has 2 unspecified atom stereocenters. The highest BCUT2D eigenvalue weighted by molar-refractivity contribution is 6.33. The lowest BCUT2D eigenvalue weighted by atomic mass is 10.1. The van der Waals surface area contributed by atoms with Gasteiger partial charge in [-0.3, -0.25) is 0 Å².